The zero-order valence-corrected chi connectivity index (χ0v) is 13.9. The molecule has 1 aromatic rings. The van der Waals surface area contributed by atoms with Crippen molar-refractivity contribution in [2.75, 3.05) is 39.0 Å². The Morgan fingerprint density at radius 2 is 1.85 bits per heavy atom. The molecule has 0 unspecified atom stereocenters. The average Bonchev–Trinajstić information content (AvgIpc) is 2.38. The van der Waals surface area contributed by atoms with Crippen LogP contribution in [0.15, 0.2) is 24.3 Å². The van der Waals surface area contributed by atoms with Gasteiger partial charge in [0.1, 0.15) is 0 Å². The molecule has 0 aliphatic rings. The maximum absolute atomic E-state index is 11.8. The van der Waals surface area contributed by atoms with E-state index in [-0.39, 0.29) is 30.7 Å². The summed E-state index contributed by atoms with van der Waals surface area (Å²) < 4.78 is 0. The van der Waals surface area contributed by atoms with Crippen molar-refractivity contribution in [3.05, 3.63) is 29.8 Å². The first kappa shape index (κ1) is 21.3. The van der Waals surface area contributed by atoms with E-state index in [4.69, 9.17) is 0 Å². The monoisotopic (exact) mass is 321 g/mol. The Kier molecular flexibility index (Phi) is 12.6. The molecule has 1 aromatic carbocycles. The van der Waals surface area contributed by atoms with E-state index in [0.717, 1.165) is 18.8 Å². The van der Waals surface area contributed by atoms with Crippen molar-refractivity contribution in [1.29, 1.82) is 0 Å². The van der Waals surface area contributed by atoms with Gasteiger partial charge < -0.3 is 15.5 Å². The lowest BCUT2D eigenvalue weighted by Gasteiger charge is -2.17. The number of nitrogens with zero attached hydrogens (tertiary/aromatic N) is 1. The van der Waals surface area contributed by atoms with Gasteiger partial charge in [0.2, 0.25) is 5.91 Å². The maximum Gasteiger partial charge on any atom is 0.224 e. The SMILES string of the molecule is CNCCN(C)C(=O)CCNc1ccccc1C.Cl.Cl. The minimum absolute atomic E-state index is 0. The van der Waals surface area contributed by atoms with Crippen molar-refractivity contribution < 1.29 is 4.79 Å². The van der Waals surface area contributed by atoms with Crippen molar-refractivity contribution in [2.45, 2.75) is 13.3 Å². The molecule has 0 bridgehead atoms. The standard InChI is InChI=1S/C14H23N3O.2ClH/c1-12-6-4-5-7-13(12)16-9-8-14(18)17(3)11-10-15-2;;/h4-7,15-16H,8-11H2,1-3H3;2*1H. The number of rotatable bonds is 7. The Bertz CT molecular complexity index is 388. The Morgan fingerprint density at radius 1 is 1.20 bits per heavy atom. The van der Waals surface area contributed by atoms with Crippen molar-refractivity contribution in [3.63, 3.8) is 0 Å². The molecule has 0 saturated carbocycles. The molecule has 1 amide bonds. The van der Waals surface area contributed by atoms with E-state index in [1.165, 1.54) is 5.56 Å². The number of hydrogen-bond acceptors (Lipinski definition) is 3. The van der Waals surface area contributed by atoms with Crippen molar-refractivity contribution in [3.8, 4) is 0 Å². The molecule has 6 heteroatoms. The summed E-state index contributed by atoms with van der Waals surface area (Å²) in [5.41, 5.74) is 2.30. The number of benzene rings is 1. The normalized spacial score (nSPS) is 9.15. The molecule has 0 saturated heterocycles. The van der Waals surface area contributed by atoms with Crippen LogP contribution in [0.2, 0.25) is 0 Å². The van der Waals surface area contributed by atoms with Crippen LogP contribution in [0.1, 0.15) is 12.0 Å². The van der Waals surface area contributed by atoms with Crippen LogP contribution >= 0.6 is 24.8 Å². The second-order valence-corrected chi connectivity index (χ2v) is 4.41. The summed E-state index contributed by atoms with van der Waals surface area (Å²) in [6, 6.07) is 8.10. The molecule has 0 radical (unpaired) electrons. The van der Waals surface area contributed by atoms with Gasteiger partial charge in [-0.05, 0) is 25.6 Å². The molecule has 0 aliphatic heterocycles. The minimum atomic E-state index is 0. The van der Waals surface area contributed by atoms with Crippen LogP contribution in [0.25, 0.3) is 0 Å². The first-order valence-electron chi connectivity index (χ1n) is 6.33. The van der Waals surface area contributed by atoms with Crippen LogP contribution < -0.4 is 10.6 Å². The molecular weight excluding hydrogens is 297 g/mol. The van der Waals surface area contributed by atoms with Gasteiger partial charge >= 0.3 is 0 Å². The summed E-state index contributed by atoms with van der Waals surface area (Å²) in [6.07, 6.45) is 0.522. The zero-order chi connectivity index (χ0) is 13.4. The molecule has 0 fully saturated rings. The fourth-order valence-electron chi connectivity index (χ4n) is 1.67. The topological polar surface area (TPSA) is 44.4 Å². The van der Waals surface area contributed by atoms with Gasteiger partial charge in [0.05, 0.1) is 0 Å². The third-order valence-corrected chi connectivity index (χ3v) is 2.92. The highest BCUT2D eigenvalue weighted by atomic mass is 35.5. The van der Waals surface area contributed by atoms with E-state index in [2.05, 4.69) is 23.6 Å². The Labute approximate surface area is 134 Å². The maximum atomic E-state index is 11.8. The third-order valence-electron chi connectivity index (χ3n) is 2.92. The summed E-state index contributed by atoms with van der Waals surface area (Å²) in [6.45, 7) is 4.31. The first-order valence-corrected chi connectivity index (χ1v) is 6.33. The Hall–Kier alpha value is -0.970. The number of halogens is 2. The molecule has 2 N–H and O–H groups in total. The second-order valence-electron chi connectivity index (χ2n) is 4.41. The molecule has 0 aromatic heterocycles. The molecular formula is C14H25Cl2N3O. The predicted octanol–water partition coefficient (Wildman–Crippen LogP) is 2.32. The molecule has 0 spiro atoms. The zero-order valence-electron chi connectivity index (χ0n) is 12.3. The highest BCUT2D eigenvalue weighted by Crippen LogP contribution is 2.12. The number of carbonyl (C=O) groups excluding carboxylic acids is 1. The van der Waals surface area contributed by atoms with Crippen LogP contribution in [0.3, 0.4) is 0 Å². The first-order chi connectivity index (χ1) is 8.65. The van der Waals surface area contributed by atoms with Crippen LogP contribution in [0.4, 0.5) is 5.69 Å². The smallest absolute Gasteiger partial charge is 0.224 e. The molecule has 1 rings (SSSR count). The fraction of sp³-hybridized carbons (Fsp3) is 0.500. The van der Waals surface area contributed by atoms with Crippen molar-refractivity contribution >= 4 is 36.4 Å². The molecule has 4 nitrogen and oxygen atoms in total. The fourth-order valence-corrected chi connectivity index (χ4v) is 1.67. The van der Waals surface area contributed by atoms with Crippen LogP contribution in [-0.2, 0) is 4.79 Å². The Morgan fingerprint density at radius 3 is 2.45 bits per heavy atom. The lowest BCUT2D eigenvalue weighted by Crippen LogP contribution is -2.33. The highest BCUT2D eigenvalue weighted by Gasteiger charge is 2.07. The van der Waals surface area contributed by atoms with Gasteiger partial charge in [-0.25, -0.2) is 0 Å². The van der Waals surface area contributed by atoms with E-state index >= 15 is 0 Å². The molecule has 116 valence electrons. The lowest BCUT2D eigenvalue weighted by atomic mass is 10.2. The van der Waals surface area contributed by atoms with E-state index in [1.54, 1.807) is 4.90 Å². The summed E-state index contributed by atoms with van der Waals surface area (Å²) in [5, 5.41) is 6.33. The van der Waals surface area contributed by atoms with Crippen LogP contribution in [-0.4, -0.2) is 44.5 Å². The summed E-state index contributed by atoms with van der Waals surface area (Å²) in [5.74, 6) is 0.173. The Balaban J connectivity index is 0. The van der Waals surface area contributed by atoms with Gasteiger partial charge in [0, 0.05) is 38.8 Å². The molecule has 0 aliphatic carbocycles. The van der Waals surface area contributed by atoms with Gasteiger partial charge in [-0.15, -0.1) is 24.8 Å². The number of carbonyl (C=O) groups is 1. The lowest BCUT2D eigenvalue weighted by molar-refractivity contribution is -0.129. The quantitative estimate of drug-likeness (QED) is 0.810. The van der Waals surface area contributed by atoms with Crippen molar-refractivity contribution in [1.82, 2.24) is 10.2 Å². The van der Waals surface area contributed by atoms with E-state index in [0.29, 0.717) is 13.0 Å². The van der Waals surface area contributed by atoms with Crippen LogP contribution in [0, 0.1) is 6.92 Å². The van der Waals surface area contributed by atoms with Gasteiger partial charge in [-0.2, -0.15) is 0 Å². The van der Waals surface area contributed by atoms with Gasteiger partial charge in [0.15, 0.2) is 0 Å². The summed E-state index contributed by atoms with van der Waals surface area (Å²) >= 11 is 0. The molecule has 0 atom stereocenters. The number of nitrogens with one attached hydrogen (secondary N) is 2. The third kappa shape index (κ3) is 7.58. The summed E-state index contributed by atoms with van der Waals surface area (Å²) in [7, 11) is 3.73. The second kappa shape index (κ2) is 11.8. The van der Waals surface area contributed by atoms with E-state index < -0.39 is 0 Å². The van der Waals surface area contributed by atoms with Crippen molar-refractivity contribution in [2.24, 2.45) is 0 Å². The number of aryl methyl sites for hydroxylation is 1. The van der Waals surface area contributed by atoms with Gasteiger partial charge in [-0.3, -0.25) is 4.79 Å². The van der Waals surface area contributed by atoms with Gasteiger partial charge in [0.25, 0.3) is 0 Å². The van der Waals surface area contributed by atoms with E-state index in [9.17, 15) is 4.79 Å². The molecule has 20 heavy (non-hydrogen) atoms. The van der Waals surface area contributed by atoms with E-state index in [1.807, 2.05) is 32.3 Å². The number of anilines is 1. The number of likely N-dealkylation sites (N-methyl/N-ethyl adjacent to an activating group) is 2. The highest BCUT2D eigenvalue weighted by molar-refractivity contribution is 5.85. The summed E-state index contributed by atoms with van der Waals surface area (Å²) in [4.78, 5) is 13.5. The predicted molar refractivity (Wildman–Crippen MR) is 90.3 cm³/mol. The largest absolute Gasteiger partial charge is 0.384 e. The number of para-hydroxylation sites is 1. The van der Waals surface area contributed by atoms with Crippen LogP contribution in [0.5, 0.6) is 0 Å². The average molecular weight is 322 g/mol. The minimum Gasteiger partial charge on any atom is -0.384 e. The number of hydrogen-bond donors (Lipinski definition) is 2. The van der Waals surface area contributed by atoms with Gasteiger partial charge in [-0.1, -0.05) is 18.2 Å². The number of amides is 1. The molecule has 0 heterocycles.